The lowest BCUT2D eigenvalue weighted by Crippen LogP contribution is -2.49. The van der Waals surface area contributed by atoms with Crippen LogP contribution >= 0.6 is 0 Å². The molecule has 0 radical (unpaired) electrons. The van der Waals surface area contributed by atoms with Crippen molar-refractivity contribution in [2.24, 2.45) is 5.73 Å². The molecule has 4 N–H and O–H groups in total. The first kappa shape index (κ1) is 14.4. The Hall–Kier alpha value is -0.650. The van der Waals surface area contributed by atoms with Gasteiger partial charge in [-0.3, -0.25) is 4.79 Å². The highest BCUT2D eigenvalue weighted by atomic mass is 16.5. The summed E-state index contributed by atoms with van der Waals surface area (Å²) >= 11 is 0. The molecule has 1 unspecified atom stereocenters. The van der Waals surface area contributed by atoms with Crippen LogP contribution in [0.15, 0.2) is 0 Å². The third-order valence-electron chi connectivity index (χ3n) is 3.32. The van der Waals surface area contributed by atoms with Crippen molar-refractivity contribution in [1.29, 1.82) is 0 Å². The smallest absolute Gasteiger partial charge is 0.222 e. The molecule has 100 valence electrons. The molecule has 5 nitrogen and oxygen atoms in total. The molecule has 0 aromatic rings. The number of ether oxygens (including phenoxy) is 1. The molecule has 0 saturated heterocycles. The third kappa shape index (κ3) is 5.02. The number of rotatable bonds is 6. The van der Waals surface area contributed by atoms with Crippen LogP contribution in [0.25, 0.3) is 0 Å². The summed E-state index contributed by atoms with van der Waals surface area (Å²) in [6, 6.07) is -0.334. The highest BCUT2D eigenvalue weighted by molar-refractivity contribution is 5.77. The number of amides is 1. The number of carbonyl (C=O) groups excluding carboxylic acids is 1. The van der Waals surface area contributed by atoms with Gasteiger partial charge in [0.05, 0.1) is 19.3 Å². The molecule has 1 aliphatic rings. The van der Waals surface area contributed by atoms with Crippen molar-refractivity contribution in [1.82, 2.24) is 5.32 Å². The Kier molecular flexibility index (Phi) is 5.88. The van der Waals surface area contributed by atoms with E-state index in [9.17, 15) is 4.79 Å². The Morgan fingerprint density at radius 2 is 2.12 bits per heavy atom. The van der Waals surface area contributed by atoms with Crippen molar-refractivity contribution in [3.8, 4) is 0 Å². The number of methoxy groups -OCH3 is 1. The van der Waals surface area contributed by atoms with Crippen LogP contribution in [0.1, 0.15) is 38.5 Å². The van der Waals surface area contributed by atoms with E-state index in [0.717, 1.165) is 25.7 Å². The van der Waals surface area contributed by atoms with Crippen LogP contribution in [-0.2, 0) is 9.53 Å². The summed E-state index contributed by atoms with van der Waals surface area (Å²) in [5.74, 6) is -0.0921. The first-order valence-corrected chi connectivity index (χ1v) is 6.28. The Bertz CT molecular complexity index is 240. The summed E-state index contributed by atoms with van der Waals surface area (Å²) in [7, 11) is 1.54. The topological polar surface area (TPSA) is 84.6 Å². The number of aliphatic hydroxyl groups is 1. The molecule has 1 amide bonds. The van der Waals surface area contributed by atoms with Gasteiger partial charge in [0.15, 0.2) is 0 Å². The zero-order chi connectivity index (χ0) is 12.7. The molecule has 0 spiro atoms. The van der Waals surface area contributed by atoms with Gasteiger partial charge >= 0.3 is 0 Å². The number of nitrogens with two attached hydrogens (primary N) is 1. The minimum Gasteiger partial charge on any atom is -0.394 e. The normalized spacial score (nSPS) is 20.9. The Morgan fingerprint density at radius 1 is 1.47 bits per heavy atom. The molecule has 17 heavy (non-hydrogen) atoms. The van der Waals surface area contributed by atoms with Crippen LogP contribution in [0.3, 0.4) is 0 Å². The summed E-state index contributed by atoms with van der Waals surface area (Å²) in [5, 5.41) is 11.8. The van der Waals surface area contributed by atoms with Crippen molar-refractivity contribution in [3.05, 3.63) is 0 Å². The zero-order valence-corrected chi connectivity index (χ0v) is 10.6. The van der Waals surface area contributed by atoms with Crippen LogP contribution in [0, 0.1) is 0 Å². The number of hydrogen-bond acceptors (Lipinski definition) is 4. The molecule has 0 aliphatic heterocycles. The van der Waals surface area contributed by atoms with Gasteiger partial charge in [0.1, 0.15) is 0 Å². The van der Waals surface area contributed by atoms with Crippen molar-refractivity contribution in [3.63, 3.8) is 0 Å². The lowest BCUT2D eigenvalue weighted by molar-refractivity contribution is -0.124. The molecule has 5 heteroatoms. The molecule has 0 aromatic heterocycles. The highest BCUT2D eigenvalue weighted by Gasteiger charge is 2.30. The Morgan fingerprint density at radius 3 is 2.65 bits per heavy atom. The lowest BCUT2D eigenvalue weighted by Gasteiger charge is -2.33. The van der Waals surface area contributed by atoms with Gasteiger partial charge in [-0.15, -0.1) is 0 Å². The fourth-order valence-corrected chi connectivity index (χ4v) is 2.37. The number of nitrogens with one attached hydrogen (secondary N) is 1. The van der Waals surface area contributed by atoms with E-state index in [1.165, 1.54) is 6.42 Å². The minimum atomic E-state index is -0.352. The standard InChI is InChI=1S/C12H24N2O3/c1-17-9-10(8-15)14-11(16)7-12(13)5-3-2-4-6-12/h10,15H,2-9,13H2,1H3,(H,14,16). The maximum absolute atomic E-state index is 11.8. The van der Waals surface area contributed by atoms with E-state index in [-0.39, 0.29) is 24.1 Å². The second-order valence-electron chi connectivity index (χ2n) is 5.00. The maximum atomic E-state index is 11.8. The van der Waals surface area contributed by atoms with E-state index < -0.39 is 0 Å². The van der Waals surface area contributed by atoms with Gasteiger partial charge in [-0.2, -0.15) is 0 Å². The highest BCUT2D eigenvalue weighted by Crippen LogP contribution is 2.28. The molecule has 1 saturated carbocycles. The predicted molar refractivity (Wildman–Crippen MR) is 65.5 cm³/mol. The molecule has 1 fully saturated rings. The van der Waals surface area contributed by atoms with E-state index in [2.05, 4.69) is 5.32 Å². The minimum absolute atomic E-state index is 0.0921. The largest absolute Gasteiger partial charge is 0.394 e. The van der Waals surface area contributed by atoms with Gasteiger partial charge in [0.25, 0.3) is 0 Å². The van der Waals surface area contributed by atoms with Gasteiger partial charge in [-0.05, 0) is 12.8 Å². The number of carbonyl (C=O) groups is 1. The first-order chi connectivity index (χ1) is 8.09. The monoisotopic (exact) mass is 244 g/mol. The fourth-order valence-electron chi connectivity index (χ4n) is 2.37. The average Bonchev–Trinajstić information content (AvgIpc) is 2.28. The molecule has 1 atom stereocenters. The number of aliphatic hydroxyl groups excluding tert-OH is 1. The summed E-state index contributed by atoms with van der Waals surface area (Å²) in [5.41, 5.74) is 5.84. The quantitative estimate of drug-likeness (QED) is 0.621. The van der Waals surface area contributed by atoms with E-state index in [0.29, 0.717) is 13.0 Å². The van der Waals surface area contributed by atoms with Crippen LogP contribution in [0.4, 0.5) is 0 Å². The van der Waals surface area contributed by atoms with Gasteiger partial charge in [0, 0.05) is 19.1 Å². The van der Waals surface area contributed by atoms with E-state index in [1.807, 2.05) is 0 Å². The summed E-state index contributed by atoms with van der Waals surface area (Å²) in [6.45, 7) is 0.205. The van der Waals surface area contributed by atoms with Crippen LogP contribution in [0.5, 0.6) is 0 Å². The van der Waals surface area contributed by atoms with Crippen molar-refractivity contribution in [2.45, 2.75) is 50.1 Å². The molecular formula is C12H24N2O3. The van der Waals surface area contributed by atoms with Gasteiger partial charge in [-0.1, -0.05) is 19.3 Å². The maximum Gasteiger partial charge on any atom is 0.222 e. The van der Waals surface area contributed by atoms with E-state index in [1.54, 1.807) is 7.11 Å². The zero-order valence-electron chi connectivity index (χ0n) is 10.6. The molecule has 1 rings (SSSR count). The van der Waals surface area contributed by atoms with Gasteiger partial charge in [-0.25, -0.2) is 0 Å². The van der Waals surface area contributed by atoms with Crippen molar-refractivity contribution < 1.29 is 14.6 Å². The Balaban J connectivity index is 2.36. The second-order valence-corrected chi connectivity index (χ2v) is 5.00. The SMILES string of the molecule is COCC(CO)NC(=O)CC1(N)CCCCC1. The molecule has 0 bridgehead atoms. The number of hydrogen-bond donors (Lipinski definition) is 3. The second kappa shape index (κ2) is 6.93. The lowest BCUT2D eigenvalue weighted by atomic mass is 9.80. The van der Waals surface area contributed by atoms with Gasteiger partial charge in [0.2, 0.25) is 5.91 Å². The van der Waals surface area contributed by atoms with Gasteiger partial charge < -0.3 is 20.9 Å². The summed E-state index contributed by atoms with van der Waals surface area (Å²) in [4.78, 5) is 11.8. The van der Waals surface area contributed by atoms with Crippen molar-refractivity contribution in [2.75, 3.05) is 20.3 Å². The molecular weight excluding hydrogens is 220 g/mol. The fraction of sp³-hybridized carbons (Fsp3) is 0.917. The van der Waals surface area contributed by atoms with Crippen LogP contribution in [0.2, 0.25) is 0 Å². The summed E-state index contributed by atoms with van der Waals surface area (Å²) < 4.78 is 4.90. The van der Waals surface area contributed by atoms with E-state index in [4.69, 9.17) is 15.6 Å². The molecule has 0 aromatic carbocycles. The van der Waals surface area contributed by atoms with Crippen LogP contribution < -0.4 is 11.1 Å². The van der Waals surface area contributed by atoms with Crippen molar-refractivity contribution >= 4 is 5.91 Å². The average molecular weight is 244 g/mol. The molecule has 0 heterocycles. The Labute approximate surface area is 103 Å². The summed E-state index contributed by atoms with van der Waals surface area (Å²) in [6.07, 6.45) is 5.58. The first-order valence-electron chi connectivity index (χ1n) is 6.28. The van der Waals surface area contributed by atoms with Crippen LogP contribution in [-0.4, -0.2) is 42.9 Å². The third-order valence-corrected chi connectivity index (χ3v) is 3.32. The predicted octanol–water partition coefficient (Wildman–Crippen LogP) is 0.162. The molecule has 1 aliphatic carbocycles. The van der Waals surface area contributed by atoms with E-state index >= 15 is 0 Å².